The average Bonchev–Trinajstić information content (AvgIpc) is 2.11. The summed E-state index contributed by atoms with van der Waals surface area (Å²) in [6.07, 6.45) is 0.799. The molecule has 0 spiro atoms. The average molecular weight is 209 g/mol. The van der Waals surface area contributed by atoms with Gasteiger partial charge in [-0.1, -0.05) is 6.92 Å². The maximum atomic E-state index is 11.3. The van der Waals surface area contributed by atoms with Crippen LogP contribution in [0.5, 0.6) is 0 Å². The molecule has 0 aromatic carbocycles. The molecule has 80 valence electrons. The summed E-state index contributed by atoms with van der Waals surface area (Å²) in [5, 5.41) is 2.95. The number of hydrogen-bond acceptors (Lipinski definition) is 3. The number of hydrogen-bond donors (Lipinski definition) is 2. The Hall–Kier alpha value is -0.170. The molecule has 13 heavy (non-hydrogen) atoms. The summed E-state index contributed by atoms with van der Waals surface area (Å²) in [6, 6.07) is 0. The lowest BCUT2D eigenvalue weighted by molar-refractivity contribution is 0.472. The highest BCUT2D eigenvalue weighted by atomic mass is 32.2. The lowest BCUT2D eigenvalue weighted by atomic mass is 10.4. The van der Waals surface area contributed by atoms with Crippen molar-refractivity contribution < 1.29 is 8.42 Å². The molecule has 0 aromatic heterocycles. The third kappa shape index (κ3) is 5.20. The van der Waals surface area contributed by atoms with Crippen LogP contribution >= 0.6 is 0 Å². The van der Waals surface area contributed by atoms with Crippen LogP contribution in [0.3, 0.4) is 0 Å². The van der Waals surface area contributed by atoms with Crippen molar-refractivity contribution in [3.63, 3.8) is 0 Å². The quantitative estimate of drug-likeness (QED) is 0.549. The van der Waals surface area contributed by atoms with E-state index < -0.39 is 10.2 Å². The molecule has 0 aliphatic heterocycles. The van der Waals surface area contributed by atoms with E-state index in [9.17, 15) is 8.42 Å². The molecule has 0 saturated heterocycles. The van der Waals surface area contributed by atoms with Crippen LogP contribution in [0.1, 0.15) is 13.3 Å². The van der Waals surface area contributed by atoms with Crippen molar-refractivity contribution in [2.45, 2.75) is 13.3 Å². The monoisotopic (exact) mass is 209 g/mol. The van der Waals surface area contributed by atoms with Gasteiger partial charge in [0, 0.05) is 20.1 Å². The van der Waals surface area contributed by atoms with Crippen LogP contribution in [0.4, 0.5) is 0 Å². The summed E-state index contributed by atoms with van der Waals surface area (Å²) in [5.74, 6) is 0. The van der Waals surface area contributed by atoms with Gasteiger partial charge in [-0.05, 0) is 20.0 Å². The molecule has 0 aliphatic carbocycles. The summed E-state index contributed by atoms with van der Waals surface area (Å²) in [7, 11) is 0.161. The molecule has 0 atom stereocenters. The summed E-state index contributed by atoms with van der Waals surface area (Å²) in [5.41, 5.74) is 0. The molecule has 0 unspecified atom stereocenters. The fourth-order valence-corrected chi connectivity index (χ4v) is 1.71. The lowest BCUT2D eigenvalue weighted by Gasteiger charge is -2.15. The normalized spacial score (nSPS) is 12.3. The van der Waals surface area contributed by atoms with Gasteiger partial charge in [0.25, 0.3) is 10.2 Å². The summed E-state index contributed by atoms with van der Waals surface area (Å²) >= 11 is 0. The molecule has 0 amide bonds. The molecule has 2 N–H and O–H groups in total. The van der Waals surface area contributed by atoms with E-state index in [1.165, 1.54) is 4.31 Å². The minimum absolute atomic E-state index is 0.480. The Kier molecular flexibility index (Phi) is 6.23. The number of nitrogens with one attached hydrogen (secondary N) is 2. The highest BCUT2D eigenvalue weighted by molar-refractivity contribution is 7.87. The Labute approximate surface area is 80.7 Å². The zero-order valence-electron chi connectivity index (χ0n) is 8.50. The molecule has 0 aliphatic rings. The first kappa shape index (κ1) is 12.8. The van der Waals surface area contributed by atoms with Crippen molar-refractivity contribution in [2.24, 2.45) is 0 Å². The first-order valence-corrected chi connectivity index (χ1v) is 5.84. The molecule has 0 rings (SSSR count). The fraction of sp³-hybridized carbons (Fsp3) is 1.00. The van der Waals surface area contributed by atoms with Gasteiger partial charge in [-0.3, -0.25) is 0 Å². The molecular weight excluding hydrogens is 190 g/mol. The molecule has 0 aromatic rings. The van der Waals surface area contributed by atoms with Crippen molar-refractivity contribution in [1.29, 1.82) is 0 Å². The van der Waals surface area contributed by atoms with Gasteiger partial charge in [0.05, 0.1) is 0 Å². The second-order valence-electron chi connectivity index (χ2n) is 2.77. The Morgan fingerprint density at radius 3 is 2.38 bits per heavy atom. The van der Waals surface area contributed by atoms with Gasteiger partial charge in [-0.15, -0.1) is 0 Å². The van der Waals surface area contributed by atoms with E-state index in [1.54, 1.807) is 14.0 Å². The number of nitrogens with zero attached hydrogens (tertiary/aromatic N) is 1. The van der Waals surface area contributed by atoms with E-state index >= 15 is 0 Å². The minimum atomic E-state index is -3.24. The zero-order chi connectivity index (χ0) is 10.3. The molecule has 0 heterocycles. The smallest absolute Gasteiger partial charge is 0.279 e. The van der Waals surface area contributed by atoms with Crippen molar-refractivity contribution in [1.82, 2.24) is 14.3 Å². The summed E-state index contributed by atoms with van der Waals surface area (Å²) < 4.78 is 26.4. The van der Waals surface area contributed by atoms with Crippen LogP contribution in [0.2, 0.25) is 0 Å². The SMILES string of the molecule is CCN(C)S(=O)(=O)NCCCNC. The Morgan fingerprint density at radius 2 is 1.92 bits per heavy atom. The van der Waals surface area contributed by atoms with Gasteiger partial charge >= 0.3 is 0 Å². The topological polar surface area (TPSA) is 61.4 Å². The maximum Gasteiger partial charge on any atom is 0.279 e. The van der Waals surface area contributed by atoms with E-state index in [2.05, 4.69) is 10.0 Å². The largest absolute Gasteiger partial charge is 0.320 e. The second kappa shape index (κ2) is 6.31. The molecule has 5 nitrogen and oxygen atoms in total. The molecule has 0 fully saturated rings. The van der Waals surface area contributed by atoms with Gasteiger partial charge in [-0.25, -0.2) is 4.72 Å². The van der Waals surface area contributed by atoms with Crippen LogP contribution in [-0.4, -0.2) is 46.5 Å². The predicted molar refractivity (Wildman–Crippen MR) is 53.8 cm³/mol. The lowest BCUT2D eigenvalue weighted by Crippen LogP contribution is -2.38. The Morgan fingerprint density at radius 1 is 1.31 bits per heavy atom. The Bertz CT molecular complexity index is 216. The van der Waals surface area contributed by atoms with Crippen molar-refractivity contribution in [3.8, 4) is 0 Å². The second-order valence-corrected chi connectivity index (χ2v) is 4.63. The minimum Gasteiger partial charge on any atom is -0.320 e. The maximum absolute atomic E-state index is 11.3. The standard InChI is InChI=1S/C7H19N3O2S/c1-4-10(3)13(11,12)9-7-5-6-8-2/h8-9H,4-7H2,1-3H3. The van der Waals surface area contributed by atoms with Gasteiger partial charge in [0.2, 0.25) is 0 Å². The van der Waals surface area contributed by atoms with Crippen molar-refractivity contribution >= 4 is 10.2 Å². The third-order valence-electron chi connectivity index (χ3n) is 1.74. The molecular formula is C7H19N3O2S. The van der Waals surface area contributed by atoms with Gasteiger partial charge in [0.15, 0.2) is 0 Å². The first-order valence-electron chi connectivity index (χ1n) is 4.40. The third-order valence-corrected chi connectivity index (χ3v) is 3.39. The van der Waals surface area contributed by atoms with E-state index in [0.29, 0.717) is 13.1 Å². The van der Waals surface area contributed by atoms with Crippen molar-refractivity contribution in [3.05, 3.63) is 0 Å². The van der Waals surface area contributed by atoms with Crippen LogP contribution in [0.25, 0.3) is 0 Å². The highest BCUT2D eigenvalue weighted by Gasteiger charge is 2.13. The van der Waals surface area contributed by atoms with E-state index in [1.807, 2.05) is 7.05 Å². The van der Waals surface area contributed by atoms with Crippen LogP contribution in [0.15, 0.2) is 0 Å². The summed E-state index contributed by atoms with van der Waals surface area (Å²) in [6.45, 7) is 3.58. The Balaban J connectivity index is 3.77. The van der Waals surface area contributed by atoms with Crippen molar-refractivity contribution in [2.75, 3.05) is 33.7 Å². The van der Waals surface area contributed by atoms with Crippen LogP contribution in [-0.2, 0) is 10.2 Å². The molecule has 6 heteroatoms. The van der Waals surface area contributed by atoms with Crippen LogP contribution in [0, 0.1) is 0 Å². The summed E-state index contributed by atoms with van der Waals surface area (Å²) in [4.78, 5) is 0. The predicted octanol–water partition coefficient (Wildman–Crippen LogP) is -0.618. The molecule has 0 bridgehead atoms. The molecule has 0 saturated carbocycles. The van der Waals surface area contributed by atoms with E-state index in [-0.39, 0.29) is 0 Å². The van der Waals surface area contributed by atoms with Gasteiger partial charge in [-0.2, -0.15) is 12.7 Å². The first-order chi connectivity index (χ1) is 6.04. The van der Waals surface area contributed by atoms with E-state index in [4.69, 9.17) is 0 Å². The fourth-order valence-electron chi connectivity index (χ4n) is 0.746. The number of rotatable bonds is 7. The van der Waals surface area contributed by atoms with E-state index in [0.717, 1.165) is 13.0 Å². The molecule has 0 radical (unpaired) electrons. The van der Waals surface area contributed by atoms with Gasteiger partial charge in [0.1, 0.15) is 0 Å². The highest BCUT2D eigenvalue weighted by Crippen LogP contribution is 1.91. The van der Waals surface area contributed by atoms with Gasteiger partial charge < -0.3 is 5.32 Å². The zero-order valence-corrected chi connectivity index (χ0v) is 9.32. The van der Waals surface area contributed by atoms with Crippen LogP contribution < -0.4 is 10.0 Å².